The molecule has 148 valence electrons. The van der Waals surface area contributed by atoms with Crippen LogP contribution >= 0.6 is 0 Å². The lowest BCUT2D eigenvalue weighted by Gasteiger charge is -2.12. The average molecular weight is 378 g/mol. The number of carboxylic acid groups (broad SMARTS) is 4. The summed E-state index contributed by atoms with van der Waals surface area (Å²) in [5, 5.41) is 45.4. The maximum Gasteiger partial charge on any atom is 0.328 e. The van der Waals surface area contributed by atoms with Crippen LogP contribution in [0.2, 0.25) is 0 Å². The highest BCUT2D eigenvalue weighted by Gasteiger charge is 2.03. The normalized spacial score (nSPS) is 8.85. The predicted octanol–water partition coefficient (Wildman–Crippen LogP) is -2.50. The van der Waals surface area contributed by atoms with Crippen LogP contribution in [-0.2, 0) is 19.2 Å². The number of nitrogens with zero attached hydrogens (tertiary/aromatic N) is 2. The third kappa shape index (κ3) is 25.1. The third-order valence-corrected chi connectivity index (χ3v) is 1.94. The van der Waals surface area contributed by atoms with Crippen LogP contribution in [0, 0.1) is 10.8 Å². The highest BCUT2D eigenvalue weighted by molar-refractivity contribution is 5.89. The topological polar surface area (TPSA) is 255 Å². The van der Waals surface area contributed by atoms with Gasteiger partial charge in [0.1, 0.15) is 13.1 Å². The van der Waals surface area contributed by atoms with Gasteiger partial charge in [0, 0.05) is 26.2 Å². The minimum atomic E-state index is -1.26. The monoisotopic (exact) mass is 378 g/mol. The Bertz CT molecular complexity index is 514. The molecule has 0 rings (SSSR count). The lowest BCUT2D eigenvalue weighted by Crippen LogP contribution is -2.36. The Morgan fingerprint density at radius 3 is 1.08 bits per heavy atom. The molecule has 14 nitrogen and oxygen atoms in total. The van der Waals surface area contributed by atoms with Crippen molar-refractivity contribution in [1.29, 1.82) is 10.8 Å². The first-order valence-corrected chi connectivity index (χ1v) is 6.38. The van der Waals surface area contributed by atoms with Crippen LogP contribution < -0.4 is 11.5 Å². The largest absolute Gasteiger partial charge is 0.480 e. The quantitative estimate of drug-likeness (QED) is 0.135. The molecule has 0 aliphatic carbocycles. The number of rotatable bonds is 6. The molecule has 0 saturated carbocycles. The summed E-state index contributed by atoms with van der Waals surface area (Å²) in [4.78, 5) is 41.2. The molecular formula is C12H22N6O8. The number of guanidine groups is 2. The van der Waals surface area contributed by atoms with E-state index in [-0.39, 0.29) is 25.0 Å². The zero-order valence-corrected chi connectivity index (χ0v) is 14.0. The van der Waals surface area contributed by atoms with Crippen LogP contribution in [0.5, 0.6) is 0 Å². The van der Waals surface area contributed by atoms with E-state index < -0.39 is 23.9 Å². The van der Waals surface area contributed by atoms with Crippen molar-refractivity contribution in [2.24, 2.45) is 11.5 Å². The molecule has 0 aliphatic heterocycles. The van der Waals surface area contributed by atoms with Gasteiger partial charge in [-0.15, -0.1) is 0 Å². The van der Waals surface area contributed by atoms with Crippen LogP contribution in [-0.4, -0.2) is 93.2 Å². The van der Waals surface area contributed by atoms with Crippen molar-refractivity contribution in [2.45, 2.75) is 0 Å². The molecule has 0 fully saturated rings. The van der Waals surface area contributed by atoms with Crippen LogP contribution in [0.15, 0.2) is 12.2 Å². The highest BCUT2D eigenvalue weighted by atomic mass is 16.4. The predicted molar refractivity (Wildman–Crippen MR) is 88.8 cm³/mol. The molecule has 0 aliphatic rings. The van der Waals surface area contributed by atoms with Crippen molar-refractivity contribution in [3.63, 3.8) is 0 Å². The standard InChI is InChI=1S/2C4H9N3O2.C4H4O4/c2*1-7(4(5)6)2-3(8)9;5-3(6)1-2-4(7)8/h2*2H2,1H3,(H3,5,6)(H,8,9);1-2H,(H,5,6)(H,7,8)/b;;2-1+. The Morgan fingerprint density at radius 1 is 0.769 bits per heavy atom. The molecule has 14 heteroatoms. The zero-order valence-electron chi connectivity index (χ0n) is 14.0. The Morgan fingerprint density at radius 2 is 1.00 bits per heavy atom. The van der Waals surface area contributed by atoms with E-state index in [2.05, 4.69) is 0 Å². The zero-order chi connectivity index (χ0) is 21.4. The van der Waals surface area contributed by atoms with Crippen LogP contribution in [0.3, 0.4) is 0 Å². The van der Waals surface area contributed by atoms with Crippen LogP contribution in [0.4, 0.5) is 0 Å². The van der Waals surface area contributed by atoms with Crippen molar-refractivity contribution >= 4 is 35.8 Å². The van der Waals surface area contributed by atoms with E-state index >= 15 is 0 Å². The van der Waals surface area contributed by atoms with Crippen LogP contribution in [0.1, 0.15) is 0 Å². The van der Waals surface area contributed by atoms with Crippen molar-refractivity contribution in [3.05, 3.63) is 12.2 Å². The van der Waals surface area contributed by atoms with Gasteiger partial charge in [0.2, 0.25) is 0 Å². The fourth-order valence-electron chi connectivity index (χ4n) is 0.719. The lowest BCUT2D eigenvalue weighted by atomic mass is 10.5. The minimum Gasteiger partial charge on any atom is -0.480 e. The molecule has 0 heterocycles. The number of likely N-dealkylation sites (N-methyl/N-ethyl adjacent to an activating group) is 2. The summed E-state index contributed by atoms with van der Waals surface area (Å²) in [6, 6.07) is 0. The number of carbonyl (C=O) groups is 4. The number of carboxylic acids is 4. The van der Waals surface area contributed by atoms with Gasteiger partial charge in [-0.2, -0.15) is 0 Å². The molecule has 0 saturated heterocycles. The molecule has 0 atom stereocenters. The van der Waals surface area contributed by atoms with Gasteiger partial charge < -0.3 is 41.7 Å². The Hall–Kier alpha value is -3.84. The first-order valence-electron chi connectivity index (χ1n) is 6.38. The molecule has 0 aromatic carbocycles. The molecule has 0 bridgehead atoms. The number of hydrogen-bond donors (Lipinski definition) is 8. The van der Waals surface area contributed by atoms with Gasteiger partial charge in [-0.3, -0.25) is 20.4 Å². The third-order valence-electron chi connectivity index (χ3n) is 1.94. The smallest absolute Gasteiger partial charge is 0.328 e. The minimum absolute atomic E-state index is 0.227. The first kappa shape index (κ1) is 27.0. The van der Waals surface area contributed by atoms with E-state index in [9.17, 15) is 19.2 Å². The van der Waals surface area contributed by atoms with E-state index in [4.69, 9.17) is 42.7 Å². The van der Waals surface area contributed by atoms with E-state index in [0.29, 0.717) is 12.2 Å². The van der Waals surface area contributed by atoms with Gasteiger partial charge in [-0.25, -0.2) is 9.59 Å². The number of hydrogen-bond acceptors (Lipinski definition) is 6. The van der Waals surface area contributed by atoms with E-state index in [1.54, 1.807) is 0 Å². The Balaban J connectivity index is -0.000000306. The number of nitrogens with one attached hydrogen (secondary N) is 2. The van der Waals surface area contributed by atoms with Crippen molar-refractivity contribution in [2.75, 3.05) is 27.2 Å². The second kappa shape index (κ2) is 14.7. The first-order chi connectivity index (χ1) is 11.7. The number of nitrogens with two attached hydrogens (primary N) is 2. The molecule has 0 aromatic heterocycles. The molecular weight excluding hydrogens is 356 g/mol. The Labute approximate surface area is 147 Å². The summed E-state index contributed by atoms with van der Waals surface area (Å²) in [6.07, 6.45) is 1.12. The average Bonchev–Trinajstić information content (AvgIpc) is 2.44. The second-order valence-electron chi connectivity index (χ2n) is 4.28. The van der Waals surface area contributed by atoms with Gasteiger partial charge in [0.05, 0.1) is 0 Å². The van der Waals surface area contributed by atoms with Crippen molar-refractivity contribution in [3.8, 4) is 0 Å². The van der Waals surface area contributed by atoms with Gasteiger partial charge in [-0.05, 0) is 0 Å². The Kier molecular flexibility index (Phi) is 15.3. The fourth-order valence-corrected chi connectivity index (χ4v) is 0.719. The van der Waals surface area contributed by atoms with Crippen molar-refractivity contribution in [1.82, 2.24) is 9.80 Å². The molecule has 0 spiro atoms. The molecule has 0 unspecified atom stereocenters. The summed E-state index contributed by atoms with van der Waals surface area (Å²) in [7, 11) is 2.88. The maximum absolute atomic E-state index is 9.92. The highest BCUT2D eigenvalue weighted by Crippen LogP contribution is 1.77. The van der Waals surface area contributed by atoms with Gasteiger partial charge in [0.25, 0.3) is 0 Å². The van der Waals surface area contributed by atoms with Crippen LogP contribution in [0.25, 0.3) is 0 Å². The molecule has 0 aromatic rings. The van der Waals surface area contributed by atoms with E-state index in [1.807, 2.05) is 0 Å². The van der Waals surface area contributed by atoms with Gasteiger partial charge in [0.15, 0.2) is 11.9 Å². The summed E-state index contributed by atoms with van der Waals surface area (Å²) in [5.41, 5.74) is 9.86. The molecule has 0 amide bonds. The maximum atomic E-state index is 9.92. The van der Waals surface area contributed by atoms with Gasteiger partial charge >= 0.3 is 23.9 Å². The molecule has 0 radical (unpaired) electrons. The SMILES string of the molecule is CN(CC(=O)O)C(=N)N.CN(CC(=O)O)C(=N)N.O=C(O)/C=C/C(=O)O. The van der Waals surface area contributed by atoms with Gasteiger partial charge in [-0.1, -0.05) is 0 Å². The summed E-state index contributed by atoms with van der Waals surface area (Å²) in [6.45, 7) is -0.454. The molecule has 10 N–H and O–H groups in total. The lowest BCUT2D eigenvalue weighted by molar-refractivity contribution is -0.138. The second-order valence-corrected chi connectivity index (χ2v) is 4.28. The summed E-state index contributed by atoms with van der Waals surface area (Å²) >= 11 is 0. The number of aliphatic carboxylic acids is 4. The van der Waals surface area contributed by atoms with Crippen molar-refractivity contribution < 1.29 is 39.6 Å². The van der Waals surface area contributed by atoms with E-state index in [1.165, 1.54) is 14.1 Å². The molecule has 26 heavy (non-hydrogen) atoms. The summed E-state index contributed by atoms with van der Waals surface area (Å²) < 4.78 is 0. The summed E-state index contributed by atoms with van der Waals surface area (Å²) in [5.74, 6) is -4.98. The fraction of sp³-hybridized carbons (Fsp3) is 0.333. The van der Waals surface area contributed by atoms with E-state index in [0.717, 1.165) is 9.80 Å².